The van der Waals surface area contributed by atoms with E-state index in [0.29, 0.717) is 19.1 Å². The van der Waals surface area contributed by atoms with Gasteiger partial charge in [-0.15, -0.1) is 0 Å². The van der Waals surface area contributed by atoms with Gasteiger partial charge in [0.05, 0.1) is 6.54 Å². The highest BCUT2D eigenvalue weighted by molar-refractivity contribution is 5.80. The van der Waals surface area contributed by atoms with Gasteiger partial charge in [-0.2, -0.15) is 0 Å². The molecule has 0 atom stereocenters. The zero-order chi connectivity index (χ0) is 19.3. The molecule has 2 aliphatic rings. The number of carbonyl (C=O) groups excluding carboxylic acids is 1. The van der Waals surface area contributed by atoms with Crippen molar-refractivity contribution in [1.82, 2.24) is 20.9 Å². The minimum Gasteiger partial charge on any atom is -0.358 e. The molecule has 1 aromatic carbocycles. The fourth-order valence-electron chi connectivity index (χ4n) is 3.74. The molecule has 1 amide bonds. The van der Waals surface area contributed by atoms with E-state index in [9.17, 15) is 9.18 Å². The largest absolute Gasteiger partial charge is 0.358 e. The van der Waals surface area contributed by atoms with Crippen molar-refractivity contribution >= 4 is 11.9 Å². The molecule has 7 heteroatoms. The maximum absolute atomic E-state index is 14.2. The summed E-state index contributed by atoms with van der Waals surface area (Å²) in [6, 6.07) is 7.40. The highest BCUT2D eigenvalue weighted by Gasteiger charge is 2.45. The van der Waals surface area contributed by atoms with Crippen LogP contribution >= 0.6 is 0 Å². The van der Waals surface area contributed by atoms with Crippen LogP contribution in [0, 0.1) is 5.82 Å². The van der Waals surface area contributed by atoms with Gasteiger partial charge in [0.1, 0.15) is 5.82 Å². The number of piperidine rings is 1. The quantitative estimate of drug-likeness (QED) is 0.517. The predicted octanol–water partition coefficient (Wildman–Crippen LogP) is 1.23. The molecule has 0 radical (unpaired) electrons. The molecule has 1 aliphatic carbocycles. The summed E-state index contributed by atoms with van der Waals surface area (Å²) >= 11 is 0. The highest BCUT2D eigenvalue weighted by atomic mass is 19.1. The van der Waals surface area contributed by atoms with E-state index in [1.165, 1.54) is 6.07 Å². The SMILES string of the molecule is CN=C(NCC1(c2ccccc2F)CC1)NC1CCN(CC(=O)NC)CC1. The number of guanidine groups is 1. The van der Waals surface area contributed by atoms with Crippen molar-refractivity contribution in [3.8, 4) is 0 Å². The third-order valence-electron chi connectivity index (χ3n) is 5.69. The van der Waals surface area contributed by atoms with Gasteiger partial charge in [-0.3, -0.25) is 14.7 Å². The number of nitrogens with one attached hydrogen (secondary N) is 3. The van der Waals surface area contributed by atoms with Crippen molar-refractivity contribution in [1.29, 1.82) is 0 Å². The van der Waals surface area contributed by atoms with Gasteiger partial charge in [0.25, 0.3) is 0 Å². The summed E-state index contributed by atoms with van der Waals surface area (Å²) in [4.78, 5) is 18.0. The monoisotopic (exact) mass is 375 g/mol. The van der Waals surface area contributed by atoms with Gasteiger partial charge in [-0.1, -0.05) is 18.2 Å². The molecule has 0 unspecified atom stereocenters. The molecule has 27 heavy (non-hydrogen) atoms. The van der Waals surface area contributed by atoms with E-state index < -0.39 is 0 Å². The zero-order valence-electron chi connectivity index (χ0n) is 16.2. The maximum atomic E-state index is 14.2. The van der Waals surface area contributed by atoms with Gasteiger partial charge in [0, 0.05) is 45.2 Å². The molecule has 2 fully saturated rings. The molecule has 1 saturated carbocycles. The first-order valence-corrected chi connectivity index (χ1v) is 9.71. The Labute approximate surface area is 160 Å². The molecule has 0 bridgehead atoms. The fourth-order valence-corrected chi connectivity index (χ4v) is 3.74. The van der Waals surface area contributed by atoms with Crippen molar-refractivity contribution < 1.29 is 9.18 Å². The van der Waals surface area contributed by atoms with Gasteiger partial charge >= 0.3 is 0 Å². The molecule has 148 valence electrons. The van der Waals surface area contributed by atoms with Crippen LogP contribution in [0.2, 0.25) is 0 Å². The Hall–Kier alpha value is -2.15. The minimum atomic E-state index is -0.122. The number of amides is 1. The number of hydrogen-bond acceptors (Lipinski definition) is 3. The Morgan fingerprint density at radius 1 is 1.30 bits per heavy atom. The summed E-state index contributed by atoms with van der Waals surface area (Å²) in [6.45, 7) is 2.92. The number of hydrogen-bond donors (Lipinski definition) is 3. The molecule has 3 N–H and O–H groups in total. The molecule has 0 spiro atoms. The number of likely N-dealkylation sites (N-methyl/N-ethyl adjacent to an activating group) is 1. The zero-order valence-corrected chi connectivity index (χ0v) is 16.2. The smallest absolute Gasteiger partial charge is 0.233 e. The Kier molecular flexibility index (Phi) is 6.31. The summed E-state index contributed by atoms with van der Waals surface area (Å²) < 4.78 is 14.2. The standard InChI is InChI=1S/C20H30FN5O/c1-22-18(27)13-26-11-7-15(8-12-26)25-19(23-2)24-14-20(9-10-20)16-5-3-4-6-17(16)21/h3-6,15H,7-14H2,1-2H3,(H,22,27)(H2,23,24,25). The third-order valence-corrected chi connectivity index (χ3v) is 5.69. The van der Waals surface area contributed by atoms with Crippen LogP contribution in [0.25, 0.3) is 0 Å². The van der Waals surface area contributed by atoms with Crippen molar-refractivity contribution in [2.45, 2.75) is 37.1 Å². The molecule has 6 nitrogen and oxygen atoms in total. The van der Waals surface area contributed by atoms with Crippen LogP contribution in [0.3, 0.4) is 0 Å². The van der Waals surface area contributed by atoms with Gasteiger partial charge in [0.2, 0.25) is 5.91 Å². The summed E-state index contributed by atoms with van der Waals surface area (Å²) in [6.07, 6.45) is 3.93. The molecule has 1 saturated heterocycles. The molecular weight excluding hydrogens is 345 g/mol. The molecule has 1 aliphatic heterocycles. The Balaban J connectivity index is 1.47. The van der Waals surface area contributed by atoms with Crippen molar-refractivity contribution in [2.75, 3.05) is 40.3 Å². The first-order valence-electron chi connectivity index (χ1n) is 9.71. The lowest BCUT2D eigenvalue weighted by Gasteiger charge is -2.32. The minimum absolute atomic E-state index is 0.0572. The molecule has 3 rings (SSSR count). The van der Waals surface area contributed by atoms with Crippen LogP contribution < -0.4 is 16.0 Å². The highest BCUT2D eigenvalue weighted by Crippen LogP contribution is 2.48. The maximum Gasteiger partial charge on any atom is 0.233 e. The van der Waals surface area contributed by atoms with Gasteiger partial charge < -0.3 is 16.0 Å². The summed E-state index contributed by atoms with van der Waals surface area (Å²) in [5.74, 6) is 0.701. The van der Waals surface area contributed by atoms with Crippen LogP contribution in [0.1, 0.15) is 31.2 Å². The van der Waals surface area contributed by atoms with Crippen molar-refractivity contribution in [3.63, 3.8) is 0 Å². The van der Waals surface area contributed by atoms with Crippen LogP contribution in [0.15, 0.2) is 29.3 Å². The summed E-state index contributed by atoms with van der Waals surface area (Å²) in [5, 5.41) is 9.54. The molecule has 1 aromatic rings. The Bertz CT molecular complexity index is 681. The number of rotatable bonds is 6. The van der Waals surface area contributed by atoms with E-state index in [0.717, 1.165) is 50.3 Å². The normalized spacial score (nSPS) is 20.2. The first-order chi connectivity index (χ1) is 13.1. The lowest BCUT2D eigenvalue weighted by Crippen LogP contribution is -2.50. The number of carbonyl (C=O) groups is 1. The number of benzene rings is 1. The number of halogens is 1. The second-order valence-corrected chi connectivity index (χ2v) is 7.55. The molecule has 1 heterocycles. The predicted molar refractivity (Wildman–Crippen MR) is 105 cm³/mol. The number of likely N-dealkylation sites (tertiary alicyclic amines) is 1. The topological polar surface area (TPSA) is 68.8 Å². The van der Waals surface area contributed by atoms with E-state index >= 15 is 0 Å². The Morgan fingerprint density at radius 2 is 2.00 bits per heavy atom. The third kappa shape index (κ3) is 4.97. The lowest BCUT2D eigenvalue weighted by atomic mass is 9.95. The van der Waals surface area contributed by atoms with E-state index in [1.807, 2.05) is 12.1 Å². The second kappa shape index (κ2) is 8.69. The van der Waals surface area contributed by atoms with E-state index in [2.05, 4.69) is 25.8 Å². The average Bonchev–Trinajstić information content (AvgIpc) is 3.47. The van der Waals surface area contributed by atoms with Crippen molar-refractivity contribution in [2.24, 2.45) is 4.99 Å². The van der Waals surface area contributed by atoms with Crippen LogP contribution in [0.4, 0.5) is 4.39 Å². The fraction of sp³-hybridized carbons (Fsp3) is 0.600. The number of nitrogens with zero attached hydrogens (tertiary/aromatic N) is 2. The molecule has 0 aromatic heterocycles. The van der Waals surface area contributed by atoms with Crippen LogP contribution in [0.5, 0.6) is 0 Å². The first kappa shape index (κ1) is 19.6. The lowest BCUT2D eigenvalue weighted by molar-refractivity contribution is -0.122. The van der Waals surface area contributed by atoms with E-state index in [4.69, 9.17) is 0 Å². The van der Waals surface area contributed by atoms with Gasteiger partial charge in [0.15, 0.2) is 5.96 Å². The summed E-state index contributed by atoms with van der Waals surface area (Å²) in [5.41, 5.74) is 0.690. The van der Waals surface area contributed by atoms with Crippen LogP contribution in [-0.2, 0) is 10.2 Å². The number of aliphatic imine (C=N–C) groups is 1. The van der Waals surface area contributed by atoms with Gasteiger partial charge in [-0.25, -0.2) is 4.39 Å². The Morgan fingerprint density at radius 3 is 2.59 bits per heavy atom. The van der Waals surface area contributed by atoms with Crippen molar-refractivity contribution in [3.05, 3.63) is 35.6 Å². The van der Waals surface area contributed by atoms with Crippen LogP contribution in [-0.4, -0.2) is 63.1 Å². The average molecular weight is 375 g/mol. The second-order valence-electron chi connectivity index (χ2n) is 7.55. The molecular formula is C20H30FN5O. The van der Waals surface area contributed by atoms with E-state index in [1.54, 1.807) is 20.2 Å². The summed E-state index contributed by atoms with van der Waals surface area (Å²) in [7, 11) is 3.43. The van der Waals surface area contributed by atoms with E-state index in [-0.39, 0.29) is 17.1 Å². The van der Waals surface area contributed by atoms with Gasteiger partial charge in [-0.05, 0) is 37.3 Å².